The van der Waals surface area contributed by atoms with E-state index in [9.17, 15) is 14.7 Å². The molecule has 0 bridgehead atoms. The second kappa shape index (κ2) is 9.40. The van der Waals surface area contributed by atoms with Gasteiger partial charge >= 0.3 is 0 Å². The number of carbonyl (C=O) groups is 2. The number of phenols is 1. The van der Waals surface area contributed by atoms with Crippen LogP contribution in [0.5, 0.6) is 5.75 Å². The summed E-state index contributed by atoms with van der Waals surface area (Å²) in [6, 6.07) is 20.9. The fourth-order valence-corrected chi connectivity index (χ4v) is 3.69. The lowest BCUT2D eigenvalue weighted by atomic mass is 10.0. The molecule has 1 aliphatic rings. The van der Waals surface area contributed by atoms with Gasteiger partial charge in [-0.2, -0.15) is 5.10 Å². The summed E-state index contributed by atoms with van der Waals surface area (Å²) in [6.07, 6.45) is 1.44. The van der Waals surface area contributed by atoms with Crippen LogP contribution in [0.25, 0.3) is 10.8 Å². The third kappa shape index (κ3) is 5.07. The fraction of sp³-hybridized carbons (Fsp3) is 0.208. The summed E-state index contributed by atoms with van der Waals surface area (Å²) in [5.41, 5.74) is 4.12. The summed E-state index contributed by atoms with van der Waals surface area (Å²) >= 11 is 0. The number of fused-ring (bicyclic) bond motifs is 1. The Morgan fingerprint density at radius 1 is 1.03 bits per heavy atom. The largest absolute Gasteiger partial charge is 0.507 e. The summed E-state index contributed by atoms with van der Waals surface area (Å²) in [6.45, 7) is 2.07. The molecule has 0 saturated carbocycles. The molecule has 0 spiro atoms. The molecular formula is C24H24N4O3. The van der Waals surface area contributed by atoms with Crippen molar-refractivity contribution in [3.63, 3.8) is 0 Å². The molecule has 1 saturated heterocycles. The molecule has 3 aromatic rings. The van der Waals surface area contributed by atoms with Gasteiger partial charge in [-0.15, -0.1) is 0 Å². The van der Waals surface area contributed by atoms with E-state index < -0.39 is 0 Å². The van der Waals surface area contributed by atoms with Gasteiger partial charge in [0.05, 0.1) is 19.3 Å². The van der Waals surface area contributed by atoms with Crippen molar-refractivity contribution in [2.75, 3.05) is 26.2 Å². The highest BCUT2D eigenvalue weighted by Crippen LogP contribution is 2.25. The van der Waals surface area contributed by atoms with Gasteiger partial charge in [-0.1, -0.05) is 60.7 Å². The molecule has 1 fully saturated rings. The lowest BCUT2D eigenvalue weighted by Crippen LogP contribution is -2.51. The lowest BCUT2D eigenvalue weighted by molar-refractivity contribution is -0.137. The van der Waals surface area contributed by atoms with Gasteiger partial charge in [0.1, 0.15) is 5.75 Å². The first kappa shape index (κ1) is 20.6. The molecule has 2 amide bonds. The molecule has 1 aliphatic heterocycles. The molecule has 0 aliphatic carbocycles. The highest BCUT2D eigenvalue weighted by atomic mass is 16.3. The van der Waals surface area contributed by atoms with E-state index in [0.717, 1.165) is 16.3 Å². The van der Waals surface area contributed by atoms with Gasteiger partial charge in [0.2, 0.25) is 5.91 Å². The highest BCUT2D eigenvalue weighted by molar-refractivity contribution is 6.02. The van der Waals surface area contributed by atoms with Crippen LogP contribution in [0.1, 0.15) is 11.1 Å². The molecule has 158 valence electrons. The van der Waals surface area contributed by atoms with Gasteiger partial charge in [0.25, 0.3) is 5.91 Å². The number of hydrogen-bond acceptors (Lipinski definition) is 5. The molecule has 0 unspecified atom stereocenters. The van der Waals surface area contributed by atoms with Crippen LogP contribution in [-0.2, 0) is 16.1 Å². The standard InChI is InChI=1S/C24H24N4O3/c29-22-11-10-19-8-4-5-9-20(19)21(22)14-25-26-23(30)16-27-12-13-28(24(31)17-27)15-18-6-2-1-3-7-18/h1-11,14,29H,12-13,15-17H2,(H,26,30)/b25-14+. The summed E-state index contributed by atoms with van der Waals surface area (Å²) in [7, 11) is 0. The number of amides is 2. The second-order valence-electron chi connectivity index (χ2n) is 7.52. The number of nitrogens with zero attached hydrogens (tertiary/aromatic N) is 3. The van der Waals surface area contributed by atoms with Crippen molar-refractivity contribution in [3.8, 4) is 5.75 Å². The molecular weight excluding hydrogens is 392 g/mol. The second-order valence-corrected chi connectivity index (χ2v) is 7.52. The summed E-state index contributed by atoms with van der Waals surface area (Å²) in [4.78, 5) is 28.3. The Morgan fingerprint density at radius 3 is 2.61 bits per heavy atom. The molecule has 3 aromatic carbocycles. The molecule has 0 radical (unpaired) electrons. The first-order chi connectivity index (χ1) is 15.1. The summed E-state index contributed by atoms with van der Waals surface area (Å²) in [5.74, 6) is -0.204. The number of hydrogen-bond donors (Lipinski definition) is 2. The maximum Gasteiger partial charge on any atom is 0.254 e. The number of benzene rings is 3. The van der Waals surface area contributed by atoms with Crippen molar-refractivity contribution in [1.82, 2.24) is 15.2 Å². The quantitative estimate of drug-likeness (QED) is 0.477. The van der Waals surface area contributed by atoms with E-state index in [2.05, 4.69) is 10.5 Å². The number of nitrogens with one attached hydrogen (secondary N) is 1. The zero-order valence-electron chi connectivity index (χ0n) is 17.1. The maximum atomic E-state index is 12.4. The van der Waals surface area contributed by atoms with Crippen LogP contribution >= 0.6 is 0 Å². The Bertz CT molecular complexity index is 1110. The van der Waals surface area contributed by atoms with Gasteiger partial charge < -0.3 is 10.0 Å². The van der Waals surface area contributed by atoms with E-state index >= 15 is 0 Å². The van der Waals surface area contributed by atoms with Crippen LogP contribution in [-0.4, -0.2) is 59.1 Å². The first-order valence-electron chi connectivity index (χ1n) is 10.2. The monoisotopic (exact) mass is 416 g/mol. The average molecular weight is 416 g/mol. The molecule has 7 nitrogen and oxygen atoms in total. The lowest BCUT2D eigenvalue weighted by Gasteiger charge is -2.33. The van der Waals surface area contributed by atoms with Gasteiger partial charge in [-0.25, -0.2) is 5.43 Å². The van der Waals surface area contributed by atoms with Crippen LogP contribution in [0.2, 0.25) is 0 Å². The SMILES string of the molecule is O=C(CN1CCN(Cc2ccccc2)C(=O)C1)N/N=C/c1c(O)ccc2ccccc12. The number of rotatable bonds is 6. The first-order valence-corrected chi connectivity index (χ1v) is 10.2. The minimum atomic E-state index is -0.305. The number of phenolic OH excluding ortho intramolecular Hbond substituents is 1. The van der Waals surface area contributed by atoms with Gasteiger partial charge in [-0.05, 0) is 22.4 Å². The zero-order valence-corrected chi connectivity index (χ0v) is 17.1. The Labute approximate surface area is 180 Å². The molecule has 7 heteroatoms. The smallest absolute Gasteiger partial charge is 0.254 e. The predicted octanol–water partition coefficient (Wildman–Crippen LogP) is 2.34. The van der Waals surface area contributed by atoms with Crippen molar-refractivity contribution < 1.29 is 14.7 Å². The fourth-order valence-electron chi connectivity index (χ4n) is 3.69. The van der Waals surface area contributed by atoms with E-state index in [1.54, 1.807) is 6.07 Å². The van der Waals surface area contributed by atoms with Crippen LogP contribution < -0.4 is 5.43 Å². The third-order valence-electron chi connectivity index (χ3n) is 5.31. The summed E-state index contributed by atoms with van der Waals surface area (Å²) in [5, 5.41) is 16.0. The minimum Gasteiger partial charge on any atom is -0.507 e. The van der Waals surface area contributed by atoms with E-state index in [4.69, 9.17) is 0 Å². The normalized spacial score (nSPS) is 15.0. The number of hydrazone groups is 1. The number of piperazine rings is 1. The maximum absolute atomic E-state index is 12.4. The molecule has 0 aromatic heterocycles. The predicted molar refractivity (Wildman–Crippen MR) is 120 cm³/mol. The molecule has 1 heterocycles. The van der Waals surface area contributed by atoms with Gasteiger partial charge in [0, 0.05) is 25.2 Å². The van der Waals surface area contributed by atoms with E-state index in [1.807, 2.05) is 70.5 Å². The minimum absolute atomic E-state index is 0.00656. The van der Waals surface area contributed by atoms with Crippen LogP contribution in [0.3, 0.4) is 0 Å². The van der Waals surface area contributed by atoms with Crippen molar-refractivity contribution in [2.24, 2.45) is 5.10 Å². The molecule has 31 heavy (non-hydrogen) atoms. The van der Waals surface area contributed by atoms with E-state index in [-0.39, 0.29) is 30.7 Å². The Kier molecular flexibility index (Phi) is 6.24. The van der Waals surface area contributed by atoms with Crippen LogP contribution in [0, 0.1) is 0 Å². The van der Waals surface area contributed by atoms with E-state index in [1.165, 1.54) is 6.21 Å². The molecule has 4 rings (SSSR count). The third-order valence-corrected chi connectivity index (χ3v) is 5.31. The average Bonchev–Trinajstić information content (AvgIpc) is 2.78. The molecule has 0 atom stereocenters. The highest BCUT2D eigenvalue weighted by Gasteiger charge is 2.25. The molecule has 2 N–H and O–H groups in total. The topological polar surface area (TPSA) is 85.2 Å². The Hall–Kier alpha value is -3.71. The Balaban J connectivity index is 1.30. The van der Waals surface area contributed by atoms with Gasteiger partial charge in [0.15, 0.2) is 0 Å². The number of aromatic hydroxyl groups is 1. The van der Waals surface area contributed by atoms with Gasteiger partial charge in [-0.3, -0.25) is 14.5 Å². The zero-order chi connectivity index (χ0) is 21.6. The Morgan fingerprint density at radius 2 is 1.81 bits per heavy atom. The van der Waals surface area contributed by atoms with Crippen molar-refractivity contribution in [3.05, 3.63) is 77.9 Å². The summed E-state index contributed by atoms with van der Waals surface area (Å²) < 4.78 is 0. The number of carbonyl (C=O) groups excluding carboxylic acids is 2. The van der Waals surface area contributed by atoms with Crippen LogP contribution in [0.15, 0.2) is 71.8 Å². The van der Waals surface area contributed by atoms with Crippen molar-refractivity contribution in [2.45, 2.75) is 6.54 Å². The van der Waals surface area contributed by atoms with Crippen molar-refractivity contribution >= 4 is 28.8 Å². The van der Waals surface area contributed by atoms with Crippen molar-refractivity contribution in [1.29, 1.82) is 0 Å². The van der Waals surface area contributed by atoms with E-state index in [0.29, 0.717) is 25.2 Å². The van der Waals surface area contributed by atoms with Crippen LogP contribution in [0.4, 0.5) is 0 Å².